The van der Waals surface area contributed by atoms with Crippen LogP contribution in [0.3, 0.4) is 0 Å². The summed E-state index contributed by atoms with van der Waals surface area (Å²) in [5.41, 5.74) is 2.90. The van der Waals surface area contributed by atoms with Crippen LogP contribution in [-0.4, -0.2) is 4.83 Å². The summed E-state index contributed by atoms with van der Waals surface area (Å²) in [5, 5.41) is 0. The first-order chi connectivity index (χ1) is 6.77. The van der Waals surface area contributed by atoms with Gasteiger partial charge in [0.05, 0.1) is 0 Å². The molecule has 1 heteroatoms. The van der Waals surface area contributed by atoms with Gasteiger partial charge in [-0.3, -0.25) is 0 Å². The topological polar surface area (TPSA) is 0 Å². The van der Waals surface area contributed by atoms with Crippen molar-refractivity contribution < 1.29 is 0 Å². The molecule has 1 fully saturated rings. The van der Waals surface area contributed by atoms with Gasteiger partial charge in [-0.05, 0) is 31.2 Å². The molecule has 0 heterocycles. The van der Waals surface area contributed by atoms with E-state index in [0.29, 0.717) is 4.83 Å². The lowest BCUT2D eigenvalue weighted by Crippen LogP contribution is -2.17. The Morgan fingerprint density at radius 2 is 2.00 bits per heavy atom. The van der Waals surface area contributed by atoms with E-state index < -0.39 is 0 Å². The zero-order valence-corrected chi connectivity index (χ0v) is 10.3. The van der Waals surface area contributed by atoms with Crippen LogP contribution in [0.5, 0.6) is 0 Å². The average Bonchev–Trinajstić information content (AvgIpc) is 2.18. The normalized spacial score (nSPS) is 27.6. The van der Waals surface area contributed by atoms with Gasteiger partial charge in [-0.15, -0.1) is 0 Å². The van der Waals surface area contributed by atoms with Gasteiger partial charge < -0.3 is 0 Å². The van der Waals surface area contributed by atoms with Crippen molar-refractivity contribution >= 4 is 15.9 Å². The molecule has 1 aromatic rings. The molecule has 0 N–H and O–H groups in total. The van der Waals surface area contributed by atoms with Gasteiger partial charge >= 0.3 is 0 Å². The van der Waals surface area contributed by atoms with Crippen molar-refractivity contribution in [3.63, 3.8) is 0 Å². The van der Waals surface area contributed by atoms with Gasteiger partial charge in [0.25, 0.3) is 0 Å². The van der Waals surface area contributed by atoms with Crippen molar-refractivity contribution in [3.05, 3.63) is 35.4 Å². The number of halogens is 1. The van der Waals surface area contributed by atoms with Crippen LogP contribution in [0, 0.1) is 6.92 Å². The fraction of sp³-hybridized carbons (Fsp3) is 0.538. The summed E-state index contributed by atoms with van der Waals surface area (Å²) < 4.78 is 0. The van der Waals surface area contributed by atoms with E-state index in [2.05, 4.69) is 47.1 Å². The monoisotopic (exact) mass is 252 g/mol. The Hall–Kier alpha value is -0.300. The number of aryl methyl sites for hydroxylation is 1. The van der Waals surface area contributed by atoms with Crippen LogP contribution in [-0.2, 0) is 0 Å². The van der Waals surface area contributed by atoms with E-state index in [9.17, 15) is 0 Å². The largest absolute Gasteiger partial charge is 0.0884 e. The van der Waals surface area contributed by atoms with Gasteiger partial charge in [0.15, 0.2) is 0 Å². The van der Waals surface area contributed by atoms with Gasteiger partial charge in [-0.1, -0.05) is 58.6 Å². The summed E-state index contributed by atoms with van der Waals surface area (Å²) in [6, 6.07) is 8.97. The minimum atomic E-state index is 0.693. The van der Waals surface area contributed by atoms with E-state index in [1.54, 1.807) is 0 Å². The summed E-state index contributed by atoms with van der Waals surface area (Å²) >= 11 is 3.82. The van der Waals surface area contributed by atoms with Gasteiger partial charge in [-0.25, -0.2) is 0 Å². The minimum absolute atomic E-state index is 0.693. The first-order valence-corrected chi connectivity index (χ1v) is 6.39. The number of hydrogen-bond acceptors (Lipinski definition) is 0. The summed E-state index contributed by atoms with van der Waals surface area (Å²) in [6.45, 7) is 2.18. The Bertz CT molecular complexity index is 306. The maximum atomic E-state index is 3.82. The molecular weight excluding hydrogens is 236 g/mol. The summed E-state index contributed by atoms with van der Waals surface area (Å²) in [4.78, 5) is 0.693. The number of benzene rings is 1. The van der Waals surface area contributed by atoms with Crippen molar-refractivity contribution in [2.45, 2.75) is 43.4 Å². The van der Waals surface area contributed by atoms with Crippen molar-refractivity contribution in [2.75, 3.05) is 0 Å². The zero-order chi connectivity index (χ0) is 9.97. The van der Waals surface area contributed by atoms with Crippen LogP contribution < -0.4 is 0 Å². The van der Waals surface area contributed by atoms with E-state index in [-0.39, 0.29) is 0 Å². The first kappa shape index (κ1) is 10.2. The maximum Gasteiger partial charge on any atom is 0.0214 e. The van der Waals surface area contributed by atoms with Crippen molar-refractivity contribution in [3.8, 4) is 0 Å². The van der Waals surface area contributed by atoms with E-state index in [1.165, 1.54) is 36.8 Å². The molecule has 1 aliphatic carbocycles. The van der Waals surface area contributed by atoms with Gasteiger partial charge in [0, 0.05) is 4.83 Å². The fourth-order valence-electron chi connectivity index (χ4n) is 2.36. The maximum absolute atomic E-state index is 3.82. The molecule has 2 rings (SSSR count). The molecule has 1 aromatic carbocycles. The Morgan fingerprint density at radius 1 is 1.21 bits per heavy atom. The van der Waals surface area contributed by atoms with Gasteiger partial charge in [0.1, 0.15) is 0 Å². The third-order valence-corrected chi connectivity index (χ3v) is 4.25. The highest BCUT2D eigenvalue weighted by Gasteiger charge is 2.23. The molecule has 0 amide bonds. The summed E-state index contributed by atoms with van der Waals surface area (Å²) in [6.07, 6.45) is 5.46. The molecular formula is C13H17Br. The third-order valence-electron chi connectivity index (χ3n) is 3.15. The summed E-state index contributed by atoms with van der Waals surface area (Å²) in [7, 11) is 0. The predicted octanol–water partition coefficient (Wildman–Crippen LogP) is 4.42. The van der Waals surface area contributed by atoms with Crippen LogP contribution in [0.25, 0.3) is 0 Å². The SMILES string of the molecule is Cc1cccc(C2CCCCC2Br)c1. The lowest BCUT2D eigenvalue weighted by molar-refractivity contribution is 0.461. The molecule has 0 spiro atoms. The first-order valence-electron chi connectivity index (χ1n) is 5.48. The van der Waals surface area contributed by atoms with Gasteiger partial charge in [-0.2, -0.15) is 0 Å². The second-order valence-corrected chi connectivity index (χ2v) is 5.50. The van der Waals surface area contributed by atoms with Crippen molar-refractivity contribution in [1.29, 1.82) is 0 Å². The molecule has 1 aliphatic rings. The van der Waals surface area contributed by atoms with Crippen LogP contribution >= 0.6 is 15.9 Å². The third kappa shape index (κ3) is 2.20. The summed E-state index contributed by atoms with van der Waals surface area (Å²) in [5.74, 6) is 0.739. The van der Waals surface area contributed by atoms with E-state index in [1.807, 2.05) is 0 Å². The molecule has 0 radical (unpaired) electrons. The van der Waals surface area contributed by atoms with Crippen LogP contribution in [0.4, 0.5) is 0 Å². The molecule has 0 aromatic heterocycles. The zero-order valence-electron chi connectivity index (χ0n) is 8.67. The highest BCUT2D eigenvalue weighted by Crippen LogP contribution is 2.37. The minimum Gasteiger partial charge on any atom is -0.0884 e. The Labute approximate surface area is 94.8 Å². The molecule has 0 saturated heterocycles. The Balaban J connectivity index is 2.20. The second kappa shape index (κ2) is 4.48. The standard InChI is InChI=1S/C13H17Br/c1-10-5-4-6-11(9-10)12-7-2-3-8-13(12)14/h4-6,9,12-13H,2-3,7-8H2,1H3. The highest BCUT2D eigenvalue weighted by molar-refractivity contribution is 9.09. The molecule has 0 aliphatic heterocycles. The lowest BCUT2D eigenvalue weighted by atomic mass is 9.83. The molecule has 14 heavy (non-hydrogen) atoms. The quantitative estimate of drug-likeness (QED) is 0.650. The van der Waals surface area contributed by atoms with Crippen LogP contribution in [0.15, 0.2) is 24.3 Å². The molecule has 2 atom stereocenters. The van der Waals surface area contributed by atoms with Crippen LogP contribution in [0.2, 0.25) is 0 Å². The van der Waals surface area contributed by atoms with E-state index in [4.69, 9.17) is 0 Å². The molecule has 1 saturated carbocycles. The lowest BCUT2D eigenvalue weighted by Gasteiger charge is -2.27. The van der Waals surface area contributed by atoms with Crippen molar-refractivity contribution in [2.24, 2.45) is 0 Å². The number of rotatable bonds is 1. The fourth-order valence-corrected chi connectivity index (χ4v) is 3.26. The number of alkyl halides is 1. The predicted molar refractivity (Wildman–Crippen MR) is 65.1 cm³/mol. The molecule has 0 bridgehead atoms. The molecule has 2 unspecified atom stereocenters. The Kier molecular flexibility index (Phi) is 3.27. The van der Waals surface area contributed by atoms with Gasteiger partial charge in [0.2, 0.25) is 0 Å². The molecule has 76 valence electrons. The van der Waals surface area contributed by atoms with Crippen LogP contribution in [0.1, 0.15) is 42.7 Å². The average molecular weight is 253 g/mol. The molecule has 0 nitrogen and oxygen atoms in total. The van der Waals surface area contributed by atoms with E-state index >= 15 is 0 Å². The highest BCUT2D eigenvalue weighted by atomic mass is 79.9. The van der Waals surface area contributed by atoms with E-state index in [0.717, 1.165) is 5.92 Å². The number of hydrogen-bond donors (Lipinski definition) is 0. The smallest absolute Gasteiger partial charge is 0.0214 e. The second-order valence-electron chi connectivity index (χ2n) is 4.32. The van der Waals surface area contributed by atoms with Crippen molar-refractivity contribution in [1.82, 2.24) is 0 Å². The Morgan fingerprint density at radius 3 is 2.71 bits per heavy atom.